The SMILES string of the molecule is CS(=O)(=O)OCCN(CCBr)c1ccc([N+](=O)[O-])c(C(=O)NCCO)c1[N+](=O)[O-]. The van der Waals surface area contributed by atoms with Crippen LogP contribution in [0.4, 0.5) is 17.1 Å². The number of aliphatic hydroxyl groups is 1. The van der Waals surface area contributed by atoms with E-state index in [1.807, 2.05) is 0 Å². The maximum atomic E-state index is 12.4. The largest absolute Gasteiger partial charge is 0.395 e. The van der Waals surface area contributed by atoms with Crippen molar-refractivity contribution >= 4 is 49.0 Å². The molecule has 13 nitrogen and oxygen atoms in total. The number of hydrogen-bond donors (Lipinski definition) is 2. The summed E-state index contributed by atoms with van der Waals surface area (Å²) in [6.45, 7) is -0.999. The van der Waals surface area contributed by atoms with Crippen LogP contribution in [0.1, 0.15) is 10.4 Å². The Bertz CT molecular complexity index is 878. The molecule has 0 unspecified atom stereocenters. The minimum absolute atomic E-state index is 0.102. The number of carbonyl (C=O) groups is 1. The molecule has 0 bridgehead atoms. The van der Waals surface area contributed by atoms with Crippen LogP contribution in [0.5, 0.6) is 0 Å². The van der Waals surface area contributed by atoms with E-state index < -0.39 is 49.4 Å². The Morgan fingerprint density at radius 1 is 1.28 bits per heavy atom. The number of anilines is 1. The van der Waals surface area contributed by atoms with Gasteiger partial charge in [-0.05, 0) is 6.07 Å². The van der Waals surface area contributed by atoms with Gasteiger partial charge in [-0.2, -0.15) is 8.42 Å². The fourth-order valence-corrected chi connectivity index (χ4v) is 3.20. The normalized spacial score (nSPS) is 11.1. The molecule has 2 N–H and O–H groups in total. The van der Waals surface area contributed by atoms with E-state index in [-0.39, 0.29) is 31.9 Å². The standard InChI is InChI=1S/C14H19BrN4O9S/c1-29(26,27)28-9-7-17(6-4-15)11-3-2-10(18(22)23)12(13(11)19(24)25)14(21)16-5-8-20/h2-3,20H,4-9H2,1H3,(H,16,21). The van der Waals surface area contributed by atoms with Gasteiger partial charge >= 0.3 is 5.69 Å². The molecule has 0 heterocycles. The second-order valence-electron chi connectivity index (χ2n) is 5.52. The lowest BCUT2D eigenvalue weighted by molar-refractivity contribution is -0.394. The fourth-order valence-electron chi connectivity index (χ4n) is 2.40. The van der Waals surface area contributed by atoms with Gasteiger partial charge in [-0.25, -0.2) is 0 Å². The third-order valence-corrected chi connectivity index (χ3v) is 4.44. The highest BCUT2D eigenvalue weighted by molar-refractivity contribution is 9.09. The Morgan fingerprint density at radius 3 is 2.41 bits per heavy atom. The van der Waals surface area contributed by atoms with Gasteiger partial charge in [0, 0.05) is 31.0 Å². The van der Waals surface area contributed by atoms with Crippen molar-refractivity contribution < 1.29 is 32.3 Å². The number of nitro benzene ring substituents is 2. The monoisotopic (exact) mass is 498 g/mol. The van der Waals surface area contributed by atoms with Gasteiger partial charge in [0.15, 0.2) is 5.56 Å². The van der Waals surface area contributed by atoms with Crippen molar-refractivity contribution in [3.8, 4) is 0 Å². The first kappa shape index (κ1) is 24.7. The van der Waals surface area contributed by atoms with E-state index in [4.69, 9.17) is 5.11 Å². The number of rotatable bonds is 12. The molecule has 0 aromatic heterocycles. The first-order valence-corrected chi connectivity index (χ1v) is 11.0. The van der Waals surface area contributed by atoms with Crippen molar-refractivity contribution in [2.45, 2.75) is 0 Å². The van der Waals surface area contributed by atoms with Crippen LogP contribution in [0.15, 0.2) is 12.1 Å². The van der Waals surface area contributed by atoms with E-state index in [2.05, 4.69) is 25.4 Å². The first-order chi connectivity index (χ1) is 13.5. The molecule has 1 aromatic rings. The van der Waals surface area contributed by atoms with E-state index >= 15 is 0 Å². The van der Waals surface area contributed by atoms with Gasteiger partial charge in [-0.1, -0.05) is 15.9 Å². The highest BCUT2D eigenvalue weighted by Gasteiger charge is 2.35. The van der Waals surface area contributed by atoms with Crippen LogP contribution in [0, 0.1) is 20.2 Å². The predicted octanol–water partition coefficient (Wildman–Crippen LogP) is 0.403. The van der Waals surface area contributed by atoms with Crippen LogP contribution in [0.3, 0.4) is 0 Å². The van der Waals surface area contributed by atoms with Crippen LogP contribution >= 0.6 is 15.9 Å². The average Bonchev–Trinajstić information content (AvgIpc) is 2.63. The van der Waals surface area contributed by atoms with Crippen LogP contribution in [-0.2, 0) is 14.3 Å². The molecule has 0 radical (unpaired) electrons. The van der Waals surface area contributed by atoms with E-state index in [0.717, 1.165) is 18.4 Å². The molecule has 0 fully saturated rings. The van der Waals surface area contributed by atoms with Crippen molar-refractivity contribution in [2.24, 2.45) is 0 Å². The summed E-state index contributed by atoms with van der Waals surface area (Å²) in [7, 11) is -3.74. The van der Waals surface area contributed by atoms with Crippen molar-refractivity contribution in [3.05, 3.63) is 37.9 Å². The third kappa shape index (κ3) is 7.19. The molecule has 29 heavy (non-hydrogen) atoms. The Kier molecular flexibility index (Phi) is 9.35. The molecule has 15 heteroatoms. The topological polar surface area (TPSA) is 182 Å². The van der Waals surface area contributed by atoms with Crippen LogP contribution in [-0.4, -0.2) is 73.7 Å². The number of carbonyl (C=O) groups excluding carboxylic acids is 1. The van der Waals surface area contributed by atoms with Crippen molar-refractivity contribution in [3.63, 3.8) is 0 Å². The van der Waals surface area contributed by atoms with Crippen molar-refractivity contribution in [2.75, 3.05) is 49.3 Å². The molecule has 1 rings (SSSR count). The Balaban J connectivity index is 3.51. The fraction of sp³-hybridized carbons (Fsp3) is 0.500. The zero-order chi connectivity index (χ0) is 22.2. The lowest BCUT2D eigenvalue weighted by Crippen LogP contribution is -2.32. The van der Waals surface area contributed by atoms with Gasteiger partial charge < -0.3 is 15.3 Å². The summed E-state index contributed by atoms with van der Waals surface area (Å²) in [6, 6.07) is 2.07. The summed E-state index contributed by atoms with van der Waals surface area (Å²) < 4.78 is 26.9. The molecule has 1 aromatic carbocycles. The van der Waals surface area contributed by atoms with Crippen LogP contribution in [0.25, 0.3) is 0 Å². The Morgan fingerprint density at radius 2 is 1.93 bits per heavy atom. The molecular formula is C14H19BrN4O9S. The lowest BCUT2D eigenvalue weighted by Gasteiger charge is -2.24. The molecule has 0 spiro atoms. The van der Waals surface area contributed by atoms with E-state index in [9.17, 15) is 33.4 Å². The molecule has 0 atom stereocenters. The summed E-state index contributed by atoms with van der Waals surface area (Å²) in [5, 5.41) is 34.4. The Labute approximate surface area is 174 Å². The van der Waals surface area contributed by atoms with Crippen molar-refractivity contribution in [1.29, 1.82) is 0 Å². The minimum Gasteiger partial charge on any atom is -0.395 e. The summed E-state index contributed by atoms with van der Waals surface area (Å²) in [5.41, 5.74) is -2.47. The summed E-state index contributed by atoms with van der Waals surface area (Å²) >= 11 is 3.17. The van der Waals surface area contributed by atoms with Gasteiger partial charge in [0.1, 0.15) is 5.69 Å². The second-order valence-corrected chi connectivity index (χ2v) is 7.96. The van der Waals surface area contributed by atoms with Gasteiger partial charge in [0.2, 0.25) is 0 Å². The molecular weight excluding hydrogens is 480 g/mol. The third-order valence-electron chi connectivity index (χ3n) is 3.49. The van der Waals surface area contributed by atoms with E-state index in [0.29, 0.717) is 5.33 Å². The smallest absolute Gasteiger partial charge is 0.312 e. The minimum atomic E-state index is -3.74. The summed E-state index contributed by atoms with van der Waals surface area (Å²) in [5.74, 6) is -1.09. The van der Waals surface area contributed by atoms with Crippen molar-refractivity contribution in [1.82, 2.24) is 5.32 Å². The van der Waals surface area contributed by atoms with Crippen LogP contribution in [0.2, 0.25) is 0 Å². The number of nitrogens with one attached hydrogen (secondary N) is 1. The number of benzene rings is 1. The first-order valence-electron chi connectivity index (χ1n) is 8.03. The van der Waals surface area contributed by atoms with Gasteiger partial charge in [0.25, 0.3) is 21.7 Å². The number of aliphatic hydroxyl groups excluding tert-OH is 1. The number of nitrogens with zero attached hydrogens (tertiary/aromatic N) is 3. The number of amides is 1. The molecule has 0 aliphatic rings. The predicted molar refractivity (Wildman–Crippen MR) is 106 cm³/mol. The van der Waals surface area contributed by atoms with Crippen LogP contribution < -0.4 is 10.2 Å². The van der Waals surface area contributed by atoms with E-state index in [1.54, 1.807) is 0 Å². The number of hydrogen-bond acceptors (Lipinski definition) is 10. The molecule has 1 amide bonds. The Hall–Kier alpha value is -2.36. The average molecular weight is 499 g/mol. The van der Waals surface area contributed by atoms with Gasteiger partial charge in [-0.3, -0.25) is 29.2 Å². The molecule has 0 saturated carbocycles. The van der Waals surface area contributed by atoms with Gasteiger partial charge in [0.05, 0.1) is 29.3 Å². The highest BCUT2D eigenvalue weighted by Crippen LogP contribution is 2.37. The quantitative estimate of drug-likeness (QED) is 0.177. The number of alkyl halides is 1. The second kappa shape index (κ2) is 11.0. The summed E-state index contributed by atoms with van der Waals surface area (Å²) in [4.78, 5) is 34.9. The highest BCUT2D eigenvalue weighted by atomic mass is 79.9. The molecule has 0 aliphatic carbocycles. The number of halogens is 1. The summed E-state index contributed by atoms with van der Waals surface area (Å²) in [6.07, 6.45) is 0.847. The zero-order valence-electron chi connectivity index (χ0n) is 15.2. The van der Waals surface area contributed by atoms with Gasteiger partial charge in [-0.15, -0.1) is 0 Å². The molecule has 0 saturated heterocycles. The zero-order valence-corrected chi connectivity index (χ0v) is 17.6. The maximum Gasteiger partial charge on any atom is 0.312 e. The van der Waals surface area contributed by atoms with E-state index in [1.165, 1.54) is 4.90 Å². The molecule has 162 valence electrons. The number of nitro groups is 2. The lowest BCUT2D eigenvalue weighted by atomic mass is 10.1. The molecule has 0 aliphatic heterocycles. The maximum absolute atomic E-state index is 12.4.